The number of thiazole rings is 1. The Morgan fingerprint density at radius 2 is 2.00 bits per heavy atom. The fourth-order valence-corrected chi connectivity index (χ4v) is 3.73. The molecule has 21 heavy (non-hydrogen) atoms. The number of carbonyl (C=O) groups is 1. The molecule has 0 fully saturated rings. The number of aromatic nitrogens is 1. The van der Waals surface area contributed by atoms with Crippen LogP contribution in [0, 0.1) is 6.92 Å². The molecule has 1 heterocycles. The molecule has 112 valence electrons. The predicted molar refractivity (Wildman–Crippen MR) is 80.1 cm³/mol. The summed E-state index contributed by atoms with van der Waals surface area (Å²) in [4.78, 5) is 15.4. The van der Waals surface area contributed by atoms with E-state index < -0.39 is 16.0 Å². The van der Waals surface area contributed by atoms with E-state index in [1.807, 2.05) is 0 Å². The fourth-order valence-electron chi connectivity index (χ4n) is 1.56. The van der Waals surface area contributed by atoms with Gasteiger partial charge in [0.05, 0.1) is 23.4 Å². The molecular weight excluding hydrogens is 312 g/mol. The number of aryl methyl sites for hydroxylation is 1. The number of carbonyl (C=O) groups excluding carboxylic acids is 1. The Labute approximate surface area is 126 Å². The minimum Gasteiger partial charge on any atom is -0.462 e. The van der Waals surface area contributed by atoms with Crippen molar-refractivity contribution in [2.24, 2.45) is 0 Å². The first-order chi connectivity index (χ1) is 9.92. The highest BCUT2D eigenvalue weighted by Gasteiger charge is 2.17. The Bertz CT molecular complexity index is 736. The molecule has 2 rings (SSSR count). The number of anilines is 1. The summed E-state index contributed by atoms with van der Waals surface area (Å²) in [5.41, 5.74) is 0.738. The zero-order chi connectivity index (χ0) is 15.5. The van der Waals surface area contributed by atoms with E-state index in [9.17, 15) is 13.2 Å². The number of hydrogen-bond donors (Lipinski definition) is 1. The van der Waals surface area contributed by atoms with Crippen LogP contribution < -0.4 is 4.72 Å². The quantitative estimate of drug-likeness (QED) is 0.853. The molecule has 1 N–H and O–H groups in total. The maximum absolute atomic E-state index is 12.1. The molecule has 0 aliphatic carbocycles. The number of benzene rings is 1. The topological polar surface area (TPSA) is 85.4 Å². The van der Waals surface area contributed by atoms with E-state index in [4.69, 9.17) is 4.74 Å². The van der Waals surface area contributed by atoms with E-state index in [0.717, 1.165) is 11.3 Å². The Morgan fingerprint density at radius 1 is 1.33 bits per heavy atom. The third-order valence-electron chi connectivity index (χ3n) is 2.51. The van der Waals surface area contributed by atoms with E-state index >= 15 is 0 Å². The molecule has 0 atom stereocenters. The average molecular weight is 326 g/mol. The first-order valence-corrected chi connectivity index (χ1v) is 8.45. The molecule has 0 radical (unpaired) electrons. The number of sulfonamides is 1. The summed E-state index contributed by atoms with van der Waals surface area (Å²) in [6, 6.07) is 6.04. The normalized spacial score (nSPS) is 11.1. The summed E-state index contributed by atoms with van der Waals surface area (Å²) in [6.07, 6.45) is 1.31. The van der Waals surface area contributed by atoms with E-state index in [1.165, 1.54) is 30.5 Å². The zero-order valence-corrected chi connectivity index (χ0v) is 13.1. The molecule has 0 saturated carbocycles. The van der Waals surface area contributed by atoms with Gasteiger partial charge >= 0.3 is 5.97 Å². The number of nitrogens with zero attached hydrogens (tertiary/aromatic N) is 1. The van der Waals surface area contributed by atoms with Crippen molar-refractivity contribution in [3.63, 3.8) is 0 Å². The lowest BCUT2D eigenvalue weighted by Gasteiger charge is -2.07. The van der Waals surface area contributed by atoms with Crippen LogP contribution in [-0.4, -0.2) is 26.0 Å². The number of ether oxygens (including phenoxy) is 1. The predicted octanol–water partition coefficient (Wildman–Crippen LogP) is 2.43. The van der Waals surface area contributed by atoms with Gasteiger partial charge in [-0.25, -0.2) is 18.2 Å². The molecule has 0 spiro atoms. The minimum atomic E-state index is -3.65. The second-order valence-electron chi connectivity index (χ2n) is 4.10. The van der Waals surface area contributed by atoms with Gasteiger partial charge in [-0.1, -0.05) is 0 Å². The average Bonchev–Trinajstić information content (AvgIpc) is 2.87. The maximum Gasteiger partial charge on any atom is 0.338 e. The van der Waals surface area contributed by atoms with Gasteiger partial charge in [0.15, 0.2) is 4.21 Å². The fraction of sp³-hybridized carbons (Fsp3) is 0.231. The van der Waals surface area contributed by atoms with Crippen LogP contribution in [0.5, 0.6) is 0 Å². The standard InChI is InChI=1S/C13H14N2O4S2/c1-3-19-13(16)10-4-6-11(7-5-10)15-21(17,18)12-8-14-9(2)20-12/h4-8,15H,3H2,1-2H3. The van der Waals surface area contributed by atoms with Crippen LogP contribution in [0.1, 0.15) is 22.3 Å². The SMILES string of the molecule is CCOC(=O)c1ccc(NS(=O)(=O)c2cnc(C)s2)cc1. The van der Waals surface area contributed by atoms with Gasteiger partial charge in [-0.2, -0.15) is 0 Å². The summed E-state index contributed by atoms with van der Waals surface area (Å²) in [6.45, 7) is 3.74. The van der Waals surface area contributed by atoms with E-state index in [-0.39, 0.29) is 10.8 Å². The molecule has 0 aliphatic rings. The zero-order valence-electron chi connectivity index (χ0n) is 11.5. The van der Waals surface area contributed by atoms with Gasteiger partial charge in [0.25, 0.3) is 10.0 Å². The molecule has 0 aliphatic heterocycles. The van der Waals surface area contributed by atoms with Crippen molar-refractivity contribution in [1.29, 1.82) is 0 Å². The summed E-state index contributed by atoms with van der Waals surface area (Å²) in [5, 5.41) is 0.674. The first-order valence-electron chi connectivity index (χ1n) is 6.15. The van der Waals surface area contributed by atoms with Crippen molar-refractivity contribution < 1.29 is 17.9 Å². The highest BCUT2D eigenvalue weighted by Crippen LogP contribution is 2.21. The van der Waals surface area contributed by atoms with Crippen molar-refractivity contribution in [2.45, 2.75) is 18.1 Å². The molecule has 0 unspecified atom stereocenters. The van der Waals surface area contributed by atoms with Crippen molar-refractivity contribution >= 4 is 33.0 Å². The van der Waals surface area contributed by atoms with Crippen LogP contribution in [0.15, 0.2) is 34.7 Å². The second-order valence-corrected chi connectivity index (χ2v) is 7.25. The maximum atomic E-state index is 12.1. The molecule has 0 bridgehead atoms. The van der Waals surface area contributed by atoms with Gasteiger partial charge in [0.2, 0.25) is 0 Å². The Balaban J connectivity index is 2.15. The smallest absolute Gasteiger partial charge is 0.338 e. The summed E-state index contributed by atoms with van der Waals surface area (Å²) < 4.78 is 31.6. The number of esters is 1. The van der Waals surface area contributed by atoms with Crippen molar-refractivity contribution in [2.75, 3.05) is 11.3 Å². The number of hydrogen-bond acceptors (Lipinski definition) is 6. The lowest BCUT2D eigenvalue weighted by atomic mass is 10.2. The summed E-state index contributed by atoms with van der Waals surface area (Å²) in [5.74, 6) is -0.440. The third kappa shape index (κ3) is 3.79. The molecule has 6 nitrogen and oxygen atoms in total. The van der Waals surface area contributed by atoms with Gasteiger partial charge in [-0.3, -0.25) is 4.72 Å². The van der Waals surface area contributed by atoms with E-state index in [1.54, 1.807) is 13.8 Å². The Kier molecular flexibility index (Phi) is 4.59. The van der Waals surface area contributed by atoms with Crippen LogP contribution in [-0.2, 0) is 14.8 Å². The van der Waals surface area contributed by atoms with Gasteiger partial charge in [0, 0.05) is 5.69 Å². The van der Waals surface area contributed by atoms with Gasteiger partial charge in [-0.15, -0.1) is 11.3 Å². The summed E-state index contributed by atoms with van der Waals surface area (Å²) in [7, 11) is -3.65. The van der Waals surface area contributed by atoms with Crippen molar-refractivity contribution in [1.82, 2.24) is 4.98 Å². The van der Waals surface area contributed by atoms with Crippen LogP contribution in [0.2, 0.25) is 0 Å². The minimum absolute atomic E-state index is 0.148. The monoisotopic (exact) mass is 326 g/mol. The number of nitrogens with one attached hydrogen (secondary N) is 1. The Morgan fingerprint density at radius 3 is 2.52 bits per heavy atom. The van der Waals surface area contributed by atoms with E-state index in [2.05, 4.69) is 9.71 Å². The highest BCUT2D eigenvalue weighted by atomic mass is 32.2. The van der Waals surface area contributed by atoms with Crippen LogP contribution >= 0.6 is 11.3 Å². The van der Waals surface area contributed by atoms with Crippen LogP contribution in [0.25, 0.3) is 0 Å². The molecule has 0 saturated heterocycles. The number of rotatable bonds is 5. The lowest BCUT2D eigenvalue weighted by molar-refractivity contribution is 0.0526. The largest absolute Gasteiger partial charge is 0.462 e. The molecule has 2 aromatic rings. The lowest BCUT2D eigenvalue weighted by Crippen LogP contribution is -2.12. The highest BCUT2D eigenvalue weighted by molar-refractivity contribution is 7.94. The van der Waals surface area contributed by atoms with Gasteiger partial charge in [-0.05, 0) is 38.1 Å². The van der Waals surface area contributed by atoms with Crippen LogP contribution in [0.4, 0.5) is 5.69 Å². The first kappa shape index (κ1) is 15.5. The molecule has 1 aromatic heterocycles. The molecular formula is C13H14N2O4S2. The van der Waals surface area contributed by atoms with Crippen LogP contribution in [0.3, 0.4) is 0 Å². The van der Waals surface area contributed by atoms with Gasteiger partial charge in [0.1, 0.15) is 0 Å². The summed E-state index contributed by atoms with van der Waals surface area (Å²) >= 11 is 1.09. The second kappa shape index (κ2) is 6.23. The van der Waals surface area contributed by atoms with E-state index in [0.29, 0.717) is 16.3 Å². The molecule has 0 amide bonds. The van der Waals surface area contributed by atoms with Crippen molar-refractivity contribution in [3.8, 4) is 0 Å². The van der Waals surface area contributed by atoms with Gasteiger partial charge < -0.3 is 4.74 Å². The molecule has 1 aromatic carbocycles. The third-order valence-corrected chi connectivity index (χ3v) is 5.27. The Hall–Kier alpha value is -1.93. The van der Waals surface area contributed by atoms with Crippen molar-refractivity contribution in [3.05, 3.63) is 41.0 Å². The molecule has 8 heteroatoms.